The SMILES string of the molecule is CCOC(=O)C1=CN(Cc2ccc(C(=O)ON)cc2)S(=O)(=O)NC1c1ccc(C)cc1Cl. The Labute approximate surface area is 190 Å². The Hall–Kier alpha value is -2.92. The monoisotopic (exact) mass is 479 g/mol. The minimum Gasteiger partial charge on any atom is -0.463 e. The van der Waals surface area contributed by atoms with Crippen molar-refractivity contribution in [1.82, 2.24) is 9.03 Å². The molecule has 0 saturated carbocycles. The summed E-state index contributed by atoms with van der Waals surface area (Å²) in [6.07, 6.45) is 1.24. The second kappa shape index (κ2) is 9.70. The molecule has 32 heavy (non-hydrogen) atoms. The van der Waals surface area contributed by atoms with Gasteiger partial charge >= 0.3 is 22.1 Å². The maximum atomic E-state index is 13.0. The normalized spacial score (nSPS) is 17.4. The Kier molecular flexibility index (Phi) is 7.19. The van der Waals surface area contributed by atoms with Crippen LogP contribution in [-0.2, 0) is 31.1 Å². The van der Waals surface area contributed by atoms with Crippen molar-refractivity contribution in [2.45, 2.75) is 26.4 Å². The lowest BCUT2D eigenvalue weighted by Gasteiger charge is -2.32. The van der Waals surface area contributed by atoms with Crippen LogP contribution in [0.5, 0.6) is 0 Å². The molecule has 0 amide bonds. The molecule has 1 aliphatic rings. The Morgan fingerprint density at radius 2 is 1.84 bits per heavy atom. The van der Waals surface area contributed by atoms with E-state index in [4.69, 9.17) is 22.2 Å². The molecular formula is C21H22ClN3O6S. The fourth-order valence-electron chi connectivity index (χ4n) is 3.19. The molecule has 170 valence electrons. The van der Waals surface area contributed by atoms with Gasteiger partial charge in [-0.1, -0.05) is 35.9 Å². The Morgan fingerprint density at radius 1 is 1.16 bits per heavy atom. The van der Waals surface area contributed by atoms with Crippen LogP contribution in [0.4, 0.5) is 0 Å². The second-order valence-corrected chi connectivity index (χ2v) is 9.10. The summed E-state index contributed by atoms with van der Waals surface area (Å²) in [7, 11) is -4.03. The molecule has 1 unspecified atom stereocenters. The fourth-order valence-corrected chi connectivity index (χ4v) is 4.79. The number of halogens is 1. The first-order valence-electron chi connectivity index (χ1n) is 9.60. The lowest BCUT2D eigenvalue weighted by Crippen LogP contribution is -2.45. The fraction of sp³-hybridized carbons (Fsp3) is 0.238. The highest BCUT2D eigenvalue weighted by atomic mass is 35.5. The topological polar surface area (TPSA) is 128 Å². The van der Waals surface area contributed by atoms with E-state index in [2.05, 4.69) is 9.56 Å². The lowest BCUT2D eigenvalue weighted by molar-refractivity contribution is -0.139. The van der Waals surface area contributed by atoms with Crippen molar-refractivity contribution in [2.24, 2.45) is 5.90 Å². The molecular weight excluding hydrogens is 458 g/mol. The van der Waals surface area contributed by atoms with E-state index >= 15 is 0 Å². The summed E-state index contributed by atoms with van der Waals surface area (Å²) in [4.78, 5) is 28.3. The van der Waals surface area contributed by atoms with Gasteiger partial charge in [0.05, 0.1) is 30.3 Å². The average Bonchev–Trinajstić information content (AvgIpc) is 2.75. The van der Waals surface area contributed by atoms with Crippen molar-refractivity contribution >= 4 is 33.7 Å². The van der Waals surface area contributed by atoms with E-state index in [1.807, 2.05) is 6.92 Å². The molecule has 0 aromatic heterocycles. The summed E-state index contributed by atoms with van der Waals surface area (Å²) in [6, 6.07) is 10.2. The van der Waals surface area contributed by atoms with Gasteiger partial charge in [0.15, 0.2) is 0 Å². The van der Waals surface area contributed by atoms with Gasteiger partial charge in [0, 0.05) is 11.2 Å². The molecule has 1 aliphatic heterocycles. The molecule has 0 bridgehead atoms. The number of benzene rings is 2. The summed E-state index contributed by atoms with van der Waals surface area (Å²) in [5, 5.41) is 0.323. The molecule has 2 aromatic rings. The molecule has 0 fully saturated rings. The Morgan fingerprint density at radius 3 is 2.44 bits per heavy atom. The van der Waals surface area contributed by atoms with Gasteiger partial charge in [0.2, 0.25) is 0 Å². The van der Waals surface area contributed by atoms with Gasteiger partial charge in [-0.25, -0.2) is 9.59 Å². The number of nitrogens with zero attached hydrogens (tertiary/aromatic N) is 1. The van der Waals surface area contributed by atoms with Crippen molar-refractivity contribution in [3.05, 3.63) is 81.5 Å². The number of esters is 1. The first-order valence-corrected chi connectivity index (χ1v) is 11.4. The third kappa shape index (κ3) is 5.10. The number of hydrogen-bond donors (Lipinski definition) is 2. The van der Waals surface area contributed by atoms with E-state index in [0.29, 0.717) is 16.1 Å². The Bertz CT molecular complexity index is 1160. The van der Waals surface area contributed by atoms with Gasteiger partial charge in [-0.05, 0) is 48.7 Å². The molecule has 0 radical (unpaired) electrons. The van der Waals surface area contributed by atoms with E-state index in [-0.39, 0.29) is 24.3 Å². The van der Waals surface area contributed by atoms with Crippen LogP contribution in [0.3, 0.4) is 0 Å². The zero-order chi connectivity index (χ0) is 23.5. The quantitative estimate of drug-likeness (QED) is 0.481. The maximum absolute atomic E-state index is 13.0. The van der Waals surface area contributed by atoms with Gasteiger partial charge in [0.25, 0.3) is 0 Å². The van der Waals surface area contributed by atoms with Gasteiger partial charge in [0.1, 0.15) is 0 Å². The number of carbonyl (C=O) groups excluding carboxylic acids is 2. The van der Waals surface area contributed by atoms with Gasteiger partial charge in [-0.3, -0.25) is 4.31 Å². The van der Waals surface area contributed by atoms with Crippen LogP contribution in [0.2, 0.25) is 5.02 Å². The summed E-state index contributed by atoms with van der Waals surface area (Å²) < 4.78 is 34.6. The predicted molar refractivity (Wildman–Crippen MR) is 117 cm³/mol. The highest BCUT2D eigenvalue weighted by Gasteiger charge is 2.37. The molecule has 3 rings (SSSR count). The van der Waals surface area contributed by atoms with E-state index in [9.17, 15) is 18.0 Å². The molecule has 11 heteroatoms. The number of nitrogens with two attached hydrogens (primary N) is 1. The zero-order valence-electron chi connectivity index (χ0n) is 17.4. The second-order valence-electron chi connectivity index (χ2n) is 7.03. The first kappa shape index (κ1) is 23.7. The molecule has 3 N–H and O–H groups in total. The minimum absolute atomic E-state index is 0.0927. The summed E-state index contributed by atoms with van der Waals surface area (Å²) in [6.45, 7) is 3.54. The molecule has 2 aromatic carbocycles. The predicted octanol–water partition coefficient (Wildman–Crippen LogP) is 2.52. The molecule has 0 aliphatic carbocycles. The van der Waals surface area contributed by atoms with Crippen LogP contribution >= 0.6 is 11.6 Å². The van der Waals surface area contributed by atoms with Gasteiger partial charge in [-0.2, -0.15) is 19.0 Å². The van der Waals surface area contributed by atoms with Crippen molar-refractivity contribution in [3.8, 4) is 0 Å². The number of nitrogens with one attached hydrogen (secondary N) is 1. The van der Waals surface area contributed by atoms with Crippen LogP contribution in [0, 0.1) is 6.92 Å². The van der Waals surface area contributed by atoms with Crippen LogP contribution in [0.25, 0.3) is 0 Å². The average molecular weight is 480 g/mol. The van der Waals surface area contributed by atoms with Crippen LogP contribution < -0.4 is 10.6 Å². The van der Waals surface area contributed by atoms with Crippen LogP contribution in [0.15, 0.2) is 54.2 Å². The standard InChI is InChI=1S/C21H22ClN3O6S/c1-3-30-21(27)17-12-25(11-14-5-7-15(8-6-14)20(26)31-23)32(28,29)24-19(17)16-9-4-13(2)10-18(16)22/h4-10,12,19,24H,3,11,23H2,1-2H3. The Balaban J connectivity index is 1.99. The van der Waals surface area contributed by atoms with E-state index in [0.717, 1.165) is 9.87 Å². The highest BCUT2D eigenvalue weighted by molar-refractivity contribution is 7.87. The highest BCUT2D eigenvalue weighted by Crippen LogP contribution is 2.34. The van der Waals surface area contributed by atoms with E-state index < -0.39 is 28.2 Å². The van der Waals surface area contributed by atoms with Crippen molar-refractivity contribution in [3.63, 3.8) is 0 Å². The van der Waals surface area contributed by atoms with Crippen molar-refractivity contribution in [1.29, 1.82) is 0 Å². The van der Waals surface area contributed by atoms with Gasteiger partial charge in [-0.15, -0.1) is 0 Å². The smallest absolute Gasteiger partial charge is 0.356 e. The summed E-state index contributed by atoms with van der Waals surface area (Å²) in [5.41, 5.74) is 2.20. The molecule has 0 spiro atoms. The summed E-state index contributed by atoms with van der Waals surface area (Å²) in [5.74, 6) is 3.49. The van der Waals surface area contributed by atoms with Gasteiger partial charge < -0.3 is 9.57 Å². The zero-order valence-corrected chi connectivity index (χ0v) is 18.9. The maximum Gasteiger partial charge on any atom is 0.356 e. The largest absolute Gasteiger partial charge is 0.463 e. The first-order chi connectivity index (χ1) is 15.2. The molecule has 9 nitrogen and oxygen atoms in total. The van der Waals surface area contributed by atoms with E-state index in [1.165, 1.54) is 18.3 Å². The number of carbonyl (C=O) groups is 2. The third-order valence-electron chi connectivity index (χ3n) is 4.78. The van der Waals surface area contributed by atoms with E-state index in [1.54, 1.807) is 37.3 Å². The van der Waals surface area contributed by atoms with Crippen molar-refractivity contribution < 1.29 is 27.6 Å². The number of hydrogen-bond acceptors (Lipinski definition) is 7. The summed E-state index contributed by atoms with van der Waals surface area (Å²) >= 11 is 6.35. The minimum atomic E-state index is -4.03. The third-order valence-corrected chi connectivity index (χ3v) is 6.50. The van der Waals surface area contributed by atoms with Crippen LogP contribution in [0.1, 0.15) is 40.0 Å². The number of aryl methyl sites for hydroxylation is 1. The molecule has 0 saturated heterocycles. The van der Waals surface area contributed by atoms with Crippen LogP contribution in [-0.4, -0.2) is 31.3 Å². The lowest BCUT2D eigenvalue weighted by atomic mass is 9.99. The molecule has 1 atom stereocenters. The van der Waals surface area contributed by atoms with Crippen molar-refractivity contribution in [2.75, 3.05) is 6.61 Å². The number of rotatable bonds is 6. The number of ether oxygens (including phenoxy) is 1. The molecule has 1 heterocycles.